The lowest BCUT2D eigenvalue weighted by Crippen LogP contribution is -2.40. The molecule has 0 aliphatic heterocycles. The fourth-order valence-electron chi connectivity index (χ4n) is 2.67. The van der Waals surface area contributed by atoms with Gasteiger partial charge < -0.3 is 16.0 Å². The first-order valence-corrected chi connectivity index (χ1v) is 8.15. The molecule has 134 valence electrons. The summed E-state index contributed by atoms with van der Waals surface area (Å²) >= 11 is 0. The van der Waals surface area contributed by atoms with Crippen LogP contribution in [-0.2, 0) is 11.3 Å². The highest BCUT2D eigenvalue weighted by molar-refractivity contribution is 14.0. The van der Waals surface area contributed by atoms with Crippen LogP contribution < -0.4 is 16.0 Å². The zero-order chi connectivity index (χ0) is 16.5. The van der Waals surface area contributed by atoms with E-state index >= 15 is 0 Å². The Morgan fingerprint density at radius 2 is 1.88 bits per heavy atom. The Kier molecular flexibility index (Phi) is 9.66. The van der Waals surface area contributed by atoms with Gasteiger partial charge in [0.25, 0.3) is 0 Å². The number of carbonyl (C=O) groups excluding carboxylic acids is 1. The predicted molar refractivity (Wildman–Crippen MR) is 105 cm³/mol. The summed E-state index contributed by atoms with van der Waals surface area (Å²) in [5.74, 6) is 0.464. The molecule has 0 unspecified atom stereocenters. The number of nitrogens with one attached hydrogen (secondary N) is 3. The van der Waals surface area contributed by atoms with Gasteiger partial charge in [-0.15, -0.1) is 24.0 Å². The van der Waals surface area contributed by atoms with E-state index in [4.69, 9.17) is 0 Å². The quantitative estimate of drug-likeness (QED) is 0.356. The molecule has 1 saturated carbocycles. The van der Waals surface area contributed by atoms with Crippen LogP contribution in [0.3, 0.4) is 0 Å². The average Bonchev–Trinajstić information content (AvgIpc) is 3.05. The minimum absolute atomic E-state index is 0. The molecule has 1 amide bonds. The smallest absolute Gasteiger partial charge is 0.221 e. The van der Waals surface area contributed by atoms with Gasteiger partial charge in [-0.05, 0) is 30.5 Å². The number of guanidine groups is 1. The number of amides is 1. The zero-order valence-electron chi connectivity index (χ0n) is 14.0. The van der Waals surface area contributed by atoms with E-state index in [0.717, 1.165) is 18.4 Å². The third-order valence-corrected chi connectivity index (χ3v) is 3.96. The van der Waals surface area contributed by atoms with Crippen molar-refractivity contribution in [3.63, 3.8) is 0 Å². The van der Waals surface area contributed by atoms with E-state index in [2.05, 4.69) is 20.9 Å². The maximum atomic E-state index is 12.8. The van der Waals surface area contributed by atoms with Gasteiger partial charge in [-0.25, -0.2) is 4.39 Å². The number of nitrogens with zero attached hydrogens (tertiary/aromatic N) is 1. The van der Waals surface area contributed by atoms with Crippen molar-refractivity contribution in [2.75, 3.05) is 13.6 Å². The molecule has 24 heavy (non-hydrogen) atoms. The number of hydrogen-bond donors (Lipinski definition) is 3. The van der Waals surface area contributed by atoms with Gasteiger partial charge in [0.1, 0.15) is 5.82 Å². The van der Waals surface area contributed by atoms with Crippen LogP contribution in [0.2, 0.25) is 0 Å². The SMILES string of the molecule is CN=C(NCCC(=O)NC1CCCC1)NCc1ccc(F)cc1.I. The van der Waals surface area contributed by atoms with E-state index < -0.39 is 0 Å². The molecule has 7 heteroatoms. The summed E-state index contributed by atoms with van der Waals surface area (Å²) in [6.07, 6.45) is 5.04. The molecule has 1 fully saturated rings. The van der Waals surface area contributed by atoms with E-state index in [-0.39, 0.29) is 35.7 Å². The number of hydrogen-bond acceptors (Lipinski definition) is 2. The van der Waals surface area contributed by atoms with E-state index in [9.17, 15) is 9.18 Å². The number of rotatable bonds is 6. The molecule has 1 aromatic carbocycles. The molecule has 3 N–H and O–H groups in total. The molecule has 0 bridgehead atoms. The molecule has 0 spiro atoms. The Bertz CT molecular complexity index is 530. The van der Waals surface area contributed by atoms with Crippen molar-refractivity contribution >= 4 is 35.8 Å². The molecule has 1 aromatic rings. The summed E-state index contributed by atoms with van der Waals surface area (Å²) in [6, 6.07) is 6.68. The van der Waals surface area contributed by atoms with Crippen molar-refractivity contribution in [2.24, 2.45) is 4.99 Å². The lowest BCUT2D eigenvalue weighted by Gasteiger charge is -2.14. The minimum atomic E-state index is -0.246. The Labute approximate surface area is 159 Å². The summed E-state index contributed by atoms with van der Waals surface area (Å²) in [4.78, 5) is 15.9. The fourth-order valence-corrected chi connectivity index (χ4v) is 2.67. The Hall–Kier alpha value is -1.38. The summed E-state index contributed by atoms with van der Waals surface area (Å²) in [5, 5.41) is 9.31. The van der Waals surface area contributed by atoms with Crippen LogP contribution in [0.1, 0.15) is 37.7 Å². The highest BCUT2D eigenvalue weighted by Gasteiger charge is 2.16. The first kappa shape index (κ1) is 20.7. The molecule has 0 radical (unpaired) electrons. The van der Waals surface area contributed by atoms with Gasteiger partial charge in [0.05, 0.1) is 0 Å². The van der Waals surface area contributed by atoms with Crippen LogP contribution in [0.15, 0.2) is 29.3 Å². The van der Waals surface area contributed by atoms with Crippen LogP contribution in [0, 0.1) is 5.82 Å². The van der Waals surface area contributed by atoms with Gasteiger partial charge in [-0.1, -0.05) is 25.0 Å². The number of aliphatic imine (C=N–C) groups is 1. The van der Waals surface area contributed by atoms with Gasteiger partial charge in [0, 0.05) is 32.6 Å². The van der Waals surface area contributed by atoms with Crippen molar-refractivity contribution in [1.29, 1.82) is 0 Å². The second-order valence-electron chi connectivity index (χ2n) is 5.78. The van der Waals surface area contributed by atoms with E-state index in [1.54, 1.807) is 19.2 Å². The third-order valence-electron chi connectivity index (χ3n) is 3.96. The van der Waals surface area contributed by atoms with Crippen molar-refractivity contribution in [3.8, 4) is 0 Å². The van der Waals surface area contributed by atoms with E-state index in [1.807, 2.05) is 0 Å². The van der Waals surface area contributed by atoms with Crippen LogP contribution in [-0.4, -0.2) is 31.5 Å². The van der Waals surface area contributed by atoms with Crippen LogP contribution in [0.25, 0.3) is 0 Å². The lowest BCUT2D eigenvalue weighted by atomic mass is 10.2. The fraction of sp³-hybridized carbons (Fsp3) is 0.529. The van der Waals surface area contributed by atoms with Crippen molar-refractivity contribution < 1.29 is 9.18 Å². The molecule has 0 aromatic heterocycles. The standard InChI is InChI=1S/C17H25FN4O.HI/c1-19-17(21-12-13-6-8-14(18)9-7-13)20-11-10-16(23)22-15-4-2-3-5-15;/h6-9,15H,2-5,10-12H2,1H3,(H,22,23)(H2,19,20,21);1H. The molecule has 1 aliphatic rings. The molecule has 0 saturated heterocycles. The second kappa shape index (κ2) is 11.2. The molecule has 1 aliphatic carbocycles. The predicted octanol–water partition coefficient (Wildman–Crippen LogP) is 2.56. The summed E-state index contributed by atoms with van der Waals surface area (Å²) in [6.45, 7) is 1.08. The number of benzene rings is 1. The average molecular weight is 448 g/mol. The van der Waals surface area contributed by atoms with Gasteiger partial charge in [0.15, 0.2) is 5.96 Å². The summed E-state index contributed by atoms with van der Waals surface area (Å²) < 4.78 is 12.8. The summed E-state index contributed by atoms with van der Waals surface area (Å²) in [7, 11) is 1.68. The molecular weight excluding hydrogens is 422 g/mol. The van der Waals surface area contributed by atoms with Gasteiger partial charge in [-0.2, -0.15) is 0 Å². The highest BCUT2D eigenvalue weighted by Crippen LogP contribution is 2.17. The Morgan fingerprint density at radius 3 is 2.50 bits per heavy atom. The molecule has 5 nitrogen and oxygen atoms in total. The monoisotopic (exact) mass is 448 g/mol. The zero-order valence-corrected chi connectivity index (χ0v) is 16.3. The normalized spacial score (nSPS) is 14.8. The van der Waals surface area contributed by atoms with Crippen molar-refractivity contribution in [3.05, 3.63) is 35.6 Å². The van der Waals surface area contributed by atoms with E-state index in [1.165, 1.54) is 25.0 Å². The van der Waals surface area contributed by atoms with Crippen LogP contribution in [0.4, 0.5) is 4.39 Å². The maximum Gasteiger partial charge on any atom is 0.221 e. The van der Waals surface area contributed by atoms with Crippen molar-refractivity contribution in [1.82, 2.24) is 16.0 Å². The summed E-state index contributed by atoms with van der Waals surface area (Å²) in [5.41, 5.74) is 0.966. The highest BCUT2D eigenvalue weighted by atomic mass is 127. The topological polar surface area (TPSA) is 65.5 Å². The first-order valence-electron chi connectivity index (χ1n) is 8.15. The van der Waals surface area contributed by atoms with E-state index in [0.29, 0.717) is 31.5 Å². The third kappa shape index (κ3) is 7.46. The largest absolute Gasteiger partial charge is 0.356 e. The molecule has 2 rings (SSSR count). The Balaban J connectivity index is 0.00000288. The lowest BCUT2D eigenvalue weighted by molar-refractivity contribution is -0.121. The van der Waals surface area contributed by atoms with Gasteiger partial charge in [-0.3, -0.25) is 9.79 Å². The Morgan fingerprint density at radius 1 is 1.21 bits per heavy atom. The number of halogens is 2. The maximum absolute atomic E-state index is 12.8. The van der Waals surface area contributed by atoms with Gasteiger partial charge >= 0.3 is 0 Å². The molecule has 0 atom stereocenters. The molecule has 0 heterocycles. The van der Waals surface area contributed by atoms with Crippen molar-refractivity contribution in [2.45, 2.75) is 44.7 Å². The van der Waals surface area contributed by atoms with Gasteiger partial charge in [0.2, 0.25) is 5.91 Å². The molecular formula is C17H26FIN4O. The second-order valence-corrected chi connectivity index (χ2v) is 5.78. The minimum Gasteiger partial charge on any atom is -0.356 e. The first-order chi connectivity index (χ1) is 11.2. The van der Waals surface area contributed by atoms with Crippen LogP contribution in [0.5, 0.6) is 0 Å². The van der Waals surface area contributed by atoms with Crippen LogP contribution >= 0.6 is 24.0 Å². The number of carbonyl (C=O) groups is 1.